The van der Waals surface area contributed by atoms with Crippen molar-refractivity contribution in [2.45, 2.75) is 38.1 Å². The van der Waals surface area contributed by atoms with Gasteiger partial charge in [0.25, 0.3) is 0 Å². The van der Waals surface area contributed by atoms with E-state index < -0.39 is 5.54 Å². The summed E-state index contributed by atoms with van der Waals surface area (Å²) in [6.07, 6.45) is 5.16. The Labute approximate surface area is 131 Å². The molecule has 1 fully saturated rings. The van der Waals surface area contributed by atoms with Gasteiger partial charge in [-0.15, -0.1) is 0 Å². The number of hydrogen-bond donors (Lipinski definition) is 1. The van der Waals surface area contributed by atoms with Crippen molar-refractivity contribution in [1.29, 1.82) is 0 Å². The number of halogens is 1. The number of carbonyl (C=O) groups is 1. The lowest BCUT2D eigenvalue weighted by Crippen LogP contribution is -2.23. The first-order valence-corrected chi connectivity index (χ1v) is 7.57. The van der Waals surface area contributed by atoms with Gasteiger partial charge in [0.15, 0.2) is 0 Å². The first-order chi connectivity index (χ1) is 10.0. The lowest BCUT2D eigenvalue weighted by molar-refractivity contribution is -0.114. The van der Waals surface area contributed by atoms with Crippen LogP contribution >= 0.6 is 15.9 Å². The van der Waals surface area contributed by atoms with E-state index in [1.165, 1.54) is 6.92 Å². The average molecular weight is 353 g/mol. The fourth-order valence-electron chi connectivity index (χ4n) is 2.95. The quantitative estimate of drug-likeness (QED) is 0.665. The van der Waals surface area contributed by atoms with Gasteiger partial charge >= 0.3 is 0 Å². The zero-order valence-electron chi connectivity index (χ0n) is 12.0. The maximum absolute atomic E-state index is 11.5. The summed E-state index contributed by atoms with van der Waals surface area (Å²) in [5, 5.41) is 2.81. The summed E-state index contributed by atoms with van der Waals surface area (Å²) in [5.41, 5.74) is 0.713. The first-order valence-electron chi connectivity index (χ1n) is 6.77. The number of carbonyl (C=O) groups excluding carboxylic acids is 2. The van der Waals surface area contributed by atoms with Gasteiger partial charge in [-0.3, -0.25) is 4.79 Å². The zero-order chi connectivity index (χ0) is 15.5. The van der Waals surface area contributed by atoms with Crippen LogP contribution in [0.2, 0.25) is 0 Å². The average Bonchev–Trinajstić information content (AvgIpc) is 2.88. The second-order valence-corrected chi connectivity index (χ2v) is 5.98. The van der Waals surface area contributed by atoms with Crippen molar-refractivity contribution in [1.82, 2.24) is 0 Å². The number of isocyanates is 1. The maximum atomic E-state index is 11.5. The Kier molecular flexibility index (Phi) is 4.80. The summed E-state index contributed by atoms with van der Waals surface area (Å²) in [6.45, 7) is 1.44. The number of hydrogen-bond acceptors (Lipinski definition) is 4. The van der Waals surface area contributed by atoms with E-state index in [0.717, 1.165) is 35.7 Å². The molecule has 21 heavy (non-hydrogen) atoms. The monoisotopic (exact) mass is 352 g/mol. The van der Waals surface area contributed by atoms with Crippen molar-refractivity contribution in [2.24, 2.45) is 4.99 Å². The second kappa shape index (κ2) is 6.41. The van der Waals surface area contributed by atoms with Gasteiger partial charge < -0.3 is 10.1 Å². The Morgan fingerprint density at radius 2 is 2.10 bits per heavy atom. The molecule has 0 spiro atoms. The third-order valence-corrected chi connectivity index (χ3v) is 4.45. The van der Waals surface area contributed by atoms with E-state index in [1.54, 1.807) is 19.3 Å². The van der Waals surface area contributed by atoms with Gasteiger partial charge in [-0.25, -0.2) is 4.79 Å². The van der Waals surface area contributed by atoms with Crippen LogP contribution in [0.15, 0.2) is 21.6 Å². The maximum Gasteiger partial charge on any atom is 0.235 e. The minimum atomic E-state index is -0.646. The van der Waals surface area contributed by atoms with E-state index >= 15 is 0 Å². The first kappa shape index (κ1) is 15.7. The Morgan fingerprint density at radius 3 is 2.62 bits per heavy atom. The van der Waals surface area contributed by atoms with Gasteiger partial charge in [0.1, 0.15) is 11.3 Å². The Balaban J connectivity index is 2.70. The largest absolute Gasteiger partial charge is 0.495 e. The number of anilines is 1. The molecule has 0 aromatic heterocycles. The fourth-order valence-corrected chi connectivity index (χ4v) is 3.65. The van der Waals surface area contributed by atoms with E-state index in [2.05, 4.69) is 26.2 Å². The summed E-state index contributed by atoms with van der Waals surface area (Å²) in [6, 6.07) is 3.62. The summed E-state index contributed by atoms with van der Waals surface area (Å²) >= 11 is 3.52. The van der Waals surface area contributed by atoms with Crippen molar-refractivity contribution < 1.29 is 14.3 Å². The molecule has 0 unspecified atom stereocenters. The third kappa shape index (κ3) is 3.01. The molecular formula is C15H17BrN2O3. The molecule has 1 aromatic carbocycles. The van der Waals surface area contributed by atoms with Crippen molar-refractivity contribution >= 4 is 33.6 Å². The van der Waals surface area contributed by atoms with Crippen LogP contribution in [0.5, 0.6) is 5.75 Å². The molecule has 1 N–H and O–H groups in total. The molecule has 0 atom stereocenters. The molecule has 0 radical (unpaired) electrons. The molecular weight excluding hydrogens is 336 g/mol. The van der Waals surface area contributed by atoms with Crippen LogP contribution in [-0.4, -0.2) is 19.1 Å². The number of benzene rings is 1. The SMILES string of the molecule is COc1ccc(Br)c(C2(N=C=O)CCCC2)c1NC(C)=O. The molecule has 1 aliphatic carbocycles. The highest BCUT2D eigenvalue weighted by Crippen LogP contribution is 2.50. The number of nitrogens with one attached hydrogen (secondary N) is 1. The highest BCUT2D eigenvalue weighted by Gasteiger charge is 2.40. The van der Waals surface area contributed by atoms with Gasteiger partial charge in [0, 0.05) is 17.0 Å². The number of rotatable bonds is 4. The zero-order valence-corrected chi connectivity index (χ0v) is 13.6. The van der Waals surface area contributed by atoms with Crippen LogP contribution in [0.1, 0.15) is 38.2 Å². The van der Waals surface area contributed by atoms with Crippen LogP contribution in [0, 0.1) is 0 Å². The van der Waals surface area contributed by atoms with Gasteiger partial charge in [-0.2, -0.15) is 4.99 Å². The number of amides is 1. The van der Waals surface area contributed by atoms with Crippen LogP contribution in [0.25, 0.3) is 0 Å². The van der Waals surface area contributed by atoms with E-state index in [4.69, 9.17) is 4.74 Å². The fraction of sp³-hybridized carbons (Fsp3) is 0.467. The van der Waals surface area contributed by atoms with Crippen molar-refractivity contribution in [3.8, 4) is 5.75 Å². The molecule has 0 aliphatic heterocycles. The Bertz CT molecular complexity index is 603. The minimum Gasteiger partial charge on any atom is -0.495 e. The minimum absolute atomic E-state index is 0.198. The molecule has 1 saturated carbocycles. The number of aliphatic imine (C=N–C) groups is 1. The smallest absolute Gasteiger partial charge is 0.235 e. The highest BCUT2D eigenvalue weighted by atomic mass is 79.9. The molecule has 1 aromatic rings. The predicted octanol–water partition coefficient (Wildman–Crippen LogP) is 3.52. The molecule has 2 rings (SSSR count). The normalized spacial score (nSPS) is 16.1. The number of methoxy groups -OCH3 is 1. The molecule has 112 valence electrons. The lowest BCUT2D eigenvalue weighted by atomic mass is 9.87. The summed E-state index contributed by atoms with van der Waals surface area (Å²) in [7, 11) is 1.54. The van der Waals surface area contributed by atoms with Crippen LogP contribution in [-0.2, 0) is 15.1 Å². The highest BCUT2D eigenvalue weighted by molar-refractivity contribution is 9.10. The summed E-state index contributed by atoms with van der Waals surface area (Å²) in [5.74, 6) is 0.353. The Morgan fingerprint density at radius 1 is 1.43 bits per heavy atom. The Hall–Kier alpha value is -1.65. The molecule has 0 bridgehead atoms. The van der Waals surface area contributed by atoms with Gasteiger partial charge in [0.2, 0.25) is 12.0 Å². The van der Waals surface area contributed by atoms with Crippen molar-refractivity contribution in [3.05, 3.63) is 22.2 Å². The van der Waals surface area contributed by atoms with E-state index in [9.17, 15) is 9.59 Å². The predicted molar refractivity (Wildman–Crippen MR) is 83.3 cm³/mol. The van der Waals surface area contributed by atoms with Gasteiger partial charge in [-0.1, -0.05) is 28.8 Å². The van der Waals surface area contributed by atoms with Crippen molar-refractivity contribution in [3.63, 3.8) is 0 Å². The third-order valence-electron chi connectivity index (χ3n) is 3.79. The standard InChI is InChI=1S/C15H17BrN2O3/c1-10(20)18-14-12(21-2)6-5-11(16)13(14)15(17-9-19)7-3-4-8-15/h5-6H,3-4,7-8H2,1-2H3,(H,18,20). The lowest BCUT2D eigenvalue weighted by Gasteiger charge is -2.28. The molecule has 1 amide bonds. The second-order valence-electron chi connectivity index (χ2n) is 5.12. The van der Waals surface area contributed by atoms with Crippen molar-refractivity contribution in [2.75, 3.05) is 12.4 Å². The topological polar surface area (TPSA) is 67.8 Å². The molecule has 5 nitrogen and oxygen atoms in total. The molecule has 0 saturated heterocycles. The van der Waals surface area contributed by atoms with E-state index in [1.807, 2.05) is 6.07 Å². The molecule has 6 heteroatoms. The summed E-state index contributed by atoms with van der Waals surface area (Å²) in [4.78, 5) is 26.5. The molecule has 1 aliphatic rings. The summed E-state index contributed by atoms with van der Waals surface area (Å²) < 4.78 is 6.15. The number of ether oxygens (including phenoxy) is 1. The molecule has 0 heterocycles. The number of nitrogens with zero attached hydrogens (tertiary/aromatic N) is 1. The van der Waals surface area contributed by atoms with E-state index in [-0.39, 0.29) is 5.91 Å². The van der Waals surface area contributed by atoms with E-state index in [0.29, 0.717) is 11.4 Å². The van der Waals surface area contributed by atoms with Crippen LogP contribution in [0.4, 0.5) is 5.69 Å². The van der Waals surface area contributed by atoms with Crippen LogP contribution in [0.3, 0.4) is 0 Å². The van der Waals surface area contributed by atoms with Crippen LogP contribution < -0.4 is 10.1 Å². The van der Waals surface area contributed by atoms with Gasteiger partial charge in [0.05, 0.1) is 12.8 Å². The van der Waals surface area contributed by atoms with Gasteiger partial charge in [-0.05, 0) is 25.0 Å².